The summed E-state index contributed by atoms with van der Waals surface area (Å²) in [4.78, 5) is 2.39. The van der Waals surface area contributed by atoms with Crippen LogP contribution >= 0.6 is 11.6 Å². The Morgan fingerprint density at radius 3 is 2.50 bits per heavy atom. The lowest BCUT2D eigenvalue weighted by molar-refractivity contribution is 0.255. The van der Waals surface area contributed by atoms with Crippen molar-refractivity contribution in [2.24, 2.45) is 5.73 Å². The zero-order valence-corrected chi connectivity index (χ0v) is 11.7. The fourth-order valence-electron chi connectivity index (χ4n) is 2.91. The molecule has 0 atom stereocenters. The van der Waals surface area contributed by atoms with Gasteiger partial charge in [0.2, 0.25) is 0 Å². The molecule has 2 nitrogen and oxygen atoms in total. The molecule has 1 heterocycles. The molecule has 1 saturated carbocycles. The van der Waals surface area contributed by atoms with Gasteiger partial charge >= 0.3 is 0 Å². The van der Waals surface area contributed by atoms with E-state index < -0.39 is 0 Å². The summed E-state index contributed by atoms with van der Waals surface area (Å²) in [6.07, 6.45) is 4.61. The van der Waals surface area contributed by atoms with Gasteiger partial charge in [0.1, 0.15) is 0 Å². The number of benzene rings is 1. The molecular formula is C15H21ClN2. The number of halogens is 1. The average molecular weight is 265 g/mol. The molecule has 0 radical (unpaired) electrons. The van der Waals surface area contributed by atoms with E-state index >= 15 is 0 Å². The summed E-state index contributed by atoms with van der Waals surface area (Å²) in [6, 6.07) is 6.50. The maximum absolute atomic E-state index is 6.46. The van der Waals surface area contributed by atoms with Crippen LogP contribution in [0.2, 0.25) is 5.02 Å². The van der Waals surface area contributed by atoms with Crippen LogP contribution in [0.3, 0.4) is 0 Å². The van der Waals surface area contributed by atoms with Crippen molar-refractivity contribution in [3.8, 4) is 0 Å². The van der Waals surface area contributed by atoms with Crippen LogP contribution in [0.1, 0.15) is 42.7 Å². The van der Waals surface area contributed by atoms with Crippen molar-refractivity contribution in [1.82, 2.24) is 4.90 Å². The van der Waals surface area contributed by atoms with Gasteiger partial charge < -0.3 is 10.6 Å². The maximum atomic E-state index is 6.46. The lowest BCUT2D eigenvalue weighted by Crippen LogP contribution is -2.29. The summed E-state index contributed by atoms with van der Waals surface area (Å²) >= 11 is 6.46. The molecule has 98 valence electrons. The minimum atomic E-state index is -0.0745. The van der Waals surface area contributed by atoms with Crippen LogP contribution in [0.5, 0.6) is 0 Å². The molecule has 0 aromatic heterocycles. The van der Waals surface area contributed by atoms with Crippen LogP contribution in [0.25, 0.3) is 0 Å². The van der Waals surface area contributed by atoms with E-state index in [9.17, 15) is 0 Å². The first-order valence-corrected chi connectivity index (χ1v) is 7.24. The van der Waals surface area contributed by atoms with Gasteiger partial charge in [-0.1, -0.05) is 23.7 Å². The minimum absolute atomic E-state index is 0.0745. The zero-order valence-electron chi connectivity index (χ0n) is 11.0. The fraction of sp³-hybridized carbons (Fsp3) is 0.600. The van der Waals surface area contributed by atoms with Gasteiger partial charge in [0.05, 0.1) is 0 Å². The Morgan fingerprint density at radius 2 is 1.94 bits per heavy atom. The molecule has 1 saturated heterocycles. The van der Waals surface area contributed by atoms with E-state index in [-0.39, 0.29) is 5.54 Å². The van der Waals surface area contributed by atoms with Gasteiger partial charge in [-0.3, -0.25) is 0 Å². The number of hydrogen-bond donors (Lipinski definition) is 1. The smallest absolute Gasteiger partial charge is 0.0444 e. The third-order valence-electron chi connectivity index (χ3n) is 4.52. The highest BCUT2D eigenvalue weighted by atomic mass is 35.5. The van der Waals surface area contributed by atoms with Gasteiger partial charge in [-0.15, -0.1) is 0 Å². The van der Waals surface area contributed by atoms with E-state index in [0.717, 1.165) is 17.9 Å². The Morgan fingerprint density at radius 1 is 1.28 bits per heavy atom. The molecule has 18 heavy (non-hydrogen) atoms. The van der Waals surface area contributed by atoms with E-state index in [1.165, 1.54) is 37.1 Å². The minimum Gasteiger partial charge on any atom is -0.321 e. The zero-order chi connectivity index (χ0) is 12.8. The maximum Gasteiger partial charge on any atom is 0.0444 e. The number of rotatable bonds is 2. The quantitative estimate of drug-likeness (QED) is 0.889. The van der Waals surface area contributed by atoms with Gasteiger partial charge in [-0.2, -0.15) is 0 Å². The molecule has 0 amide bonds. The predicted octanol–water partition coefficient (Wildman–Crippen LogP) is 3.10. The Bertz CT molecular complexity index is 446. The normalized spacial score (nSPS) is 24.2. The van der Waals surface area contributed by atoms with Crippen molar-refractivity contribution in [2.45, 2.75) is 37.1 Å². The van der Waals surface area contributed by atoms with E-state index in [4.69, 9.17) is 17.3 Å². The average Bonchev–Trinajstić information content (AvgIpc) is 3.10. The van der Waals surface area contributed by atoms with E-state index in [1.54, 1.807) is 0 Å². The highest BCUT2D eigenvalue weighted by molar-refractivity contribution is 6.31. The van der Waals surface area contributed by atoms with Crippen LogP contribution in [0.15, 0.2) is 18.2 Å². The van der Waals surface area contributed by atoms with Gasteiger partial charge in [-0.05, 0) is 68.9 Å². The monoisotopic (exact) mass is 264 g/mol. The van der Waals surface area contributed by atoms with Crippen LogP contribution in [0.4, 0.5) is 0 Å². The van der Waals surface area contributed by atoms with Gasteiger partial charge in [0, 0.05) is 10.6 Å². The van der Waals surface area contributed by atoms with Crippen molar-refractivity contribution in [3.05, 3.63) is 34.3 Å². The molecule has 1 aliphatic carbocycles. The number of nitrogens with two attached hydrogens (primary N) is 1. The van der Waals surface area contributed by atoms with Crippen molar-refractivity contribution in [3.63, 3.8) is 0 Å². The Labute approximate surface area is 114 Å². The number of hydrogen-bond acceptors (Lipinski definition) is 2. The van der Waals surface area contributed by atoms with E-state index in [1.807, 2.05) is 0 Å². The number of piperidine rings is 1. The van der Waals surface area contributed by atoms with Gasteiger partial charge in [-0.25, -0.2) is 0 Å². The van der Waals surface area contributed by atoms with Crippen molar-refractivity contribution >= 4 is 11.6 Å². The van der Waals surface area contributed by atoms with Gasteiger partial charge in [0.15, 0.2) is 0 Å². The van der Waals surface area contributed by atoms with Crippen LogP contribution in [-0.4, -0.2) is 25.0 Å². The summed E-state index contributed by atoms with van der Waals surface area (Å²) in [5.74, 6) is 0.621. The van der Waals surface area contributed by atoms with Crippen molar-refractivity contribution < 1.29 is 0 Å². The SMILES string of the molecule is CN1CCC(c2ccc(C3(N)CC3)cc2Cl)CC1. The van der Waals surface area contributed by atoms with Crippen molar-refractivity contribution in [2.75, 3.05) is 20.1 Å². The second kappa shape index (κ2) is 4.52. The first kappa shape index (κ1) is 12.5. The summed E-state index contributed by atoms with van der Waals surface area (Å²) in [6.45, 7) is 2.34. The van der Waals surface area contributed by atoms with Gasteiger partial charge in [0.25, 0.3) is 0 Å². The molecule has 0 unspecified atom stereocenters. The van der Waals surface area contributed by atoms with Crippen LogP contribution in [-0.2, 0) is 5.54 Å². The number of likely N-dealkylation sites (tertiary alicyclic amines) is 1. The molecule has 0 spiro atoms. The summed E-state index contributed by atoms with van der Waals surface area (Å²) in [5, 5.41) is 0.916. The largest absolute Gasteiger partial charge is 0.321 e. The Hall–Kier alpha value is -0.570. The highest BCUT2D eigenvalue weighted by Gasteiger charge is 2.40. The molecule has 3 rings (SSSR count). The van der Waals surface area contributed by atoms with E-state index in [2.05, 4.69) is 30.1 Å². The molecule has 1 aliphatic heterocycles. The van der Waals surface area contributed by atoms with Crippen LogP contribution in [0, 0.1) is 0 Å². The molecular weight excluding hydrogens is 244 g/mol. The molecule has 1 aromatic carbocycles. The first-order chi connectivity index (χ1) is 8.58. The van der Waals surface area contributed by atoms with Crippen molar-refractivity contribution in [1.29, 1.82) is 0 Å². The third kappa shape index (κ3) is 2.29. The van der Waals surface area contributed by atoms with Crippen LogP contribution < -0.4 is 5.73 Å². The second-order valence-corrected chi connectivity index (χ2v) is 6.38. The second-order valence-electron chi connectivity index (χ2n) is 5.97. The predicted molar refractivity (Wildman–Crippen MR) is 76.0 cm³/mol. The summed E-state index contributed by atoms with van der Waals surface area (Å²) < 4.78 is 0. The fourth-order valence-corrected chi connectivity index (χ4v) is 3.25. The lowest BCUT2D eigenvalue weighted by Gasteiger charge is -2.30. The Kier molecular flexibility index (Phi) is 3.13. The topological polar surface area (TPSA) is 29.3 Å². The molecule has 2 N–H and O–H groups in total. The standard InChI is InChI=1S/C15H21ClN2/c1-18-8-4-11(5-9-18)13-3-2-12(10-14(13)16)15(17)6-7-15/h2-3,10-11H,4-9,17H2,1H3. The molecule has 1 aromatic rings. The molecule has 2 aliphatic rings. The molecule has 3 heteroatoms. The van der Waals surface area contributed by atoms with E-state index in [0.29, 0.717) is 5.92 Å². The first-order valence-electron chi connectivity index (χ1n) is 6.86. The summed E-state index contributed by atoms with van der Waals surface area (Å²) in [5.41, 5.74) is 8.67. The summed E-state index contributed by atoms with van der Waals surface area (Å²) in [7, 11) is 2.19. The number of nitrogens with zero attached hydrogens (tertiary/aromatic N) is 1. The Balaban J connectivity index is 1.80. The highest BCUT2D eigenvalue weighted by Crippen LogP contribution is 2.44. The molecule has 0 bridgehead atoms. The molecule has 2 fully saturated rings. The third-order valence-corrected chi connectivity index (χ3v) is 4.85. The lowest BCUT2D eigenvalue weighted by atomic mass is 9.88.